The molecule has 1 N–H and O–H groups in total. The van der Waals surface area contributed by atoms with Crippen LogP contribution in [0.1, 0.15) is 12.0 Å². The lowest BCUT2D eigenvalue weighted by atomic mass is 10.1. The molecule has 38 heavy (non-hydrogen) atoms. The molecule has 12 heteroatoms. The molecule has 7 nitrogen and oxygen atoms in total. The highest BCUT2D eigenvalue weighted by atomic mass is 32.1. The second kappa shape index (κ2) is 11.1. The third kappa shape index (κ3) is 5.25. The van der Waals surface area contributed by atoms with E-state index in [4.69, 9.17) is 21.7 Å². The van der Waals surface area contributed by atoms with Crippen molar-refractivity contribution in [1.29, 1.82) is 0 Å². The number of carbonyl (C=O) groups is 2. The molecule has 1 aliphatic heterocycles. The van der Waals surface area contributed by atoms with Crippen LogP contribution in [0, 0.1) is 23.3 Å². The maximum atomic E-state index is 14.5. The maximum absolute atomic E-state index is 14.5. The van der Waals surface area contributed by atoms with Gasteiger partial charge in [0.25, 0.3) is 5.91 Å². The molecule has 0 radical (unpaired) electrons. The van der Waals surface area contributed by atoms with Crippen molar-refractivity contribution in [3.63, 3.8) is 0 Å². The van der Waals surface area contributed by atoms with Gasteiger partial charge < -0.3 is 19.7 Å². The van der Waals surface area contributed by atoms with E-state index < -0.39 is 59.7 Å². The van der Waals surface area contributed by atoms with Gasteiger partial charge in [-0.2, -0.15) is 0 Å². The molecular weight excluding hydrogens is 526 g/mol. The van der Waals surface area contributed by atoms with Crippen LogP contribution in [0.25, 0.3) is 0 Å². The first-order chi connectivity index (χ1) is 18.1. The number of thiocarbonyl (C=S) groups is 1. The summed E-state index contributed by atoms with van der Waals surface area (Å²) in [7, 11) is 2.96. The molecule has 1 atom stereocenters. The predicted octanol–water partition coefficient (Wildman–Crippen LogP) is 4.79. The van der Waals surface area contributed by atoms with Crippen LogP contribution in [-0.4, -0.2) is 42.1 Å². The summed E-state index contributed by atoms with van der Waals surface area (Å²) in [5.41, 5.74) is 0.186. The van der Waals surface area contributed by atoms with Gasteiger partial charge >= 0.3 is 0 Å². The molecule has 0 spiro atoms. The van der Waals surface area contributed by atoms with Crippen molar-refractivity contribution >= 4 is 40.5 Å². The maximum Gasteiger partial charge on any atom is 0.256 e. The largest absolute Gasteiger partial charge is 0.497 e. The lowest BCUT2D eigenvalue weighted by molar-refractivity contribution is -0.124. The van der Waals surface area contributed by atoms with Gasteiger partial charge in [-0.25, -0.2) is 17.6 Å². The van der Waals surface area contributed by atoms with Gasteiger partial charge in [-0.15, -0.1) is 0 Å². The first kappa shape index (κ1) is 26.9. The van der Waals surface area contributed by atoms with E-state index in [-0.39, 0.29) is 5.11 Å². The van der Waals surface area contributed by atoms with Gasteiger partial charge in [0.15, 0.2) is 28.4 Å². The number of methoxy groups -OCH3 is 2. The summed E-state index contributed by atoms with van der Waals surface area (Å²) in [5.74, 6) is -7.28. The van der Waals surface area contributed by atoms with Crippen molar-refractivity contribution in [1.82, 2.24) is 4.90 Å². The summed E-state index contributed by atoms with van der Waals surface area (Å²) in [6, 6.07) is 12.0. The summed E-state index contributed by atoms with van der Waals surface area (Å²) in [5, 5.41) is 2.52. The highest BCUT2D eigenvalue weighted by molar-refractivity contribution is 7.80. The molecule has 1 aliphatic rings. The zero-order valence-electron chi connectivity index (χ0n) is 20.1. The summed E-state index contributed by atoms with van der Waals surface area (Å²) in [4.78, 5) is 28.7. The Bertz CT molecular complexity index is 1390. The topological polar surface area (TPSA) is 71.1 Å². The van der Waals surface area contributed by atoms with E-state index in [0.717, 1.165) is 4.90 Å². The number of hydrogen-bond donors (Lipinski definition) is 1. The van der Waals surface area contributed by atoms with E-state index in [0.29, 0.717) is 28.9 Å². The van der Waals surface area contributed by atoms with E-state index >= 15 is 0 Å². The number of nitrogens with zero attached hydrogens (tertiary/aromatic N) is 2. The number of benzene rings is 3. The number of nitrogens with one attached hydrogen (secondary N) is 1. The Hall–Kier alpha value is -4.19. The second-order valence-electron chi connectivity index (χ2n) is 8.24. The van der Waals surface area contributed by atoms with Crippen LogP contribution in [0.2, 0.25) is 0 Å². The molecular formula is C26H21F4N3O4S. The zero-order valence-corrected chi connectivity index (χ0v) is 21.0. The zero-order chi connectivity index (χ0) is 27.6. The second-order valence-corrected chi connectivity index (χ2v) is 8.60. The van der Waals surface area contributed by atoms with Gasteiger partial charge in [0, 0.05) is 17.8 Å². The average molecular weight is 548 g/mol. The van der Waals surface area contributed by atoms with E-state index in [1.54, 1.807) is 48.5 Å². The molecule has 2 amide bonds. The molecule has 1 unspecified atom stereocenters. The molecule has 1 heterocycles. The molecule has 0 saturated carbocycles. The van der Waals surface area contributed by atoms with E-state index in [9.17, 15) is 27.2 Å². The lowest BCUT2D eigenvalue weighted by Gasteiger charge is -2.24. The van der Waals surface area contributed by atoms with Gasteiger partial charge in [0.2, 0.25) is 5.91 Å². The van der Waals surface area contributed by atoms with Crippen molar-refractivity contribution in [2.45, 2.75) is 19.0 Å². The Labute approximate surface area is 220 Å². The standard InChI is InChI=1S/C26H21F4N3O4S/c1-36-17-7-3-15(4-8-17)31-21(34)12-20-25(35)33(16-5-9-18(37-2)10-6-16)26(38)32(20)13-14-11-19(27)23(29)24(30)22(14)28/h3-11,20H,12-13H2,1-2H3,(H,31,34). The molecule has 3 aromatic rings. The number of anilines is 2. The summed E-state index contributed by atoms with van der Waals surface area (Å²) >= 11 is 5.47. The van der Waals surface area contributed by atoms with Crippen LogP contribution in [0.4, 0.5) is 28.9 Å². The SMILES string of the molecule is COc1ccc(NC(=O)CC2C(=O)N(c3ccc(OC)cc3)C(=S)N2Cc2cc(F)c(F)c(F)c2F)cc1. The first-order valence-corrected chi connectivity index (χ1v) is 11.6. The Morgan fingerprint density at radius 3 is 2.08 bits per heavy atom. The molecule has 0 aliphatic carbocycles. The molecule has 1 saturated heterocycles. The molecule has 0 aromatic heterocycles. The minimum atomic E-state index is -1.99. The van der Waals surface area contributed by atoms with Crippen molar-refractivity contribution in [2.24, 2.45) is 0 Å². The first-order valence-electron chi connectivity index (χ1n) is 11.2. The van der Waals surface area contributed by atoms with Crippen molar-refractivity contribution < 1.29 is 36.6 Å². The Kier molecular flexibility index (Phi) is 7.81. The summed E-state index contributed by atoms with van der Waals surface area (Å²) < 4.78 is 66.0. The Morgan fingerprint density at radius 1 is 0.921 bits per heavy atom. The monoisotopic (exact) mass is 547 g/mol. The molecule has 198 valence electrons. The smallest absolute Gasteiger partial charge is 0.256 e. The summed E-state index contributed by atoms with van der Waals surface area (Å²) in [6.45, 7) is -0.600. The van der Waals surface area contributed by atoms with Crippen LogP contribution in [0.5, 0.6) is 11.5 Å². The van der Waals surface area contributed by atoms with Crippen molar-refractivity contribution in [2.75, 3.05) is 24.4 Å². The van der Waals surface area contributed by atoms with Crippen molar-refractivity contribution in [3.05, 3.63) is 83.4 Å². The Morgan fingerprint density at radius 2 is 1.50 bits per heavy atom. The fourth-order valence-corrected chi connectivity index (χ4v) is 4.35. The predicted molar refractivity (Wildman–Crippen MR) is 135 cm³/mol. The van der Waals surface area contributed by atoms with Gasteiger partial charge in [-0.1, -0.05) is 0 Å². The van der Waals surface area contributed by atoms with Gasteiger partial charge in [-0.3, -0.25) is 14.5 Å². The van der Waals surface area contributed by atoms with Crippen LogP contribution in [-0.2, 0) is 16.1 Å². The van der Waals surface area contributed by atoms with Crippen LogP contribution >= 0.6 is 12.2 Å². The van der Waals surface area contributed by atoms with Crippen LogP contribution < -0.4 is 19.7 Å². The van der Waals surface area contributed by atoms with Gasteiger partial charge in [0.1, 0.15) is 17.5 Å². The number of rotatable bonds is 8. The van der Waals surface area contributed by atoms with Crippen molar-refractivity contribution in [3.8, 4) is 11.5 Å². The minimum absolute atomic E-state index is 0.132. The van der Waals surface area contributed by atoms with E-state index in [1.807, 2.05) is 0 Å². The highest BCUT2D eigenvalue weighted by Gasteiger charge is 2.44. The number of halogens is 4. The average Bonchev–Trinajstić information content (AvgIpc) is 3.14. The fourth-order valence-electron chi connectivity index (χ4n) is 3.97. The Balaban J connectivity index is 1.65. The molecule has 0 bridgehead atoms. The third-order valence-corrected chi connectivity index (χ3v) is 6.34. The van der Waals surface area contributed by atoms with Crippen LogP contribution in [0.3, 0.4) is 0 Å². The number of ether oxygens (including phenoxy) is 2. The molecule has 4 rings (SSSR count). The number of carbonyl (C=O) groups excluding carboxylic acids is 2. The van der Waals surface area contributed by atoms with E-state index in [1.165, 1.54) is 19.1 Å². The minimum Gasteiger partial charge on any atom is -0.497 e. The molecule has 3 aromatic carbocycles. The third-order valence-electron chi connectivity index (χ3n) is 5.92. The quantitative estimate of drug-likeness (QED) is 0.189. The lowest BCUT2D eigenvalue weighted by Crippen LogP contribution is -2.37. The molecule has 1 fully saturated rings. The fraction of sp³-hybridized carbons (Fsp3) is 0.192. The number of amides is 2. The van der Waals surface area contributed by atoms with Gasteiger partial charge in [0.05, 0.1) is 26.3 Å². The number of hydrogen-bond acceptors (Lipinski definition) is 5. The normalized spacial score (nSPS) is 15.2. The van der Waals surface area contributed by atoms with E-state index in [2.05, 4.69) is 5.32 Å². The van der Waals surface area contributed by atoms with Crippen LogP contribution in [0.15, 0.2) is 54.6 Å². The highest BCUT2D eigenvalue weighted by Crippen LogP contribution is 2.31. The summed E-state index contributed by atoms with van der Waals surface area (Å²) in [6.07, 6.45) is -0.425. The van der Waals surface area contributed by atoms with Gasteiger partial charge in [-0.05, 0) is 66.8 Å².